The highest BCUT2D eigenvalue weighted by molar-refractivity contribution is 8.00. The number of hydrogen-bond acceptors (Lipinski definition) is 4. The average molecular weight is 401 g/mol. The molecule has 0 aromatic heterocycles. The molecule has 1 amide bonds. The fourth-order valence-electron chi connectivity index (χ4n) is 2.39. The fourth-order valence-corrected chi connectivity index (χ4v) is 4.16. The molecule has 148 valence electrons. The van der Waals surface area contributed by atoms with E-state index in [9.17, 15) is 13.2 Å². The quantitative estimate of drug-likeness (QED) is 0.644. The lowest BCUT2D eigenvalue weighted by Gasteiger charge is -2.23. The summed E-state index contributed by atoms with van der Waals surface area (Å²) in [6.07, 6.45) is 2.00. The lowest BCUT2D eigenvalue weighted by atomic mass is 10.1. The van der Waals surface area contributed by atoms with E-state index in [1.54, 1.807) is 11.8 Å². The Morgan fingerprint density at radius 1 is 1.19 bits per heavy atom. The van der Waals surface area contributed by atoms with Crippen LogP contribution in [0.3, 0.4) is 0 Å². The molecule has 1 rings (SSSR count). The Kier molecular flexibility index (Phi) is 8.47. The van der Waals surface area contributed by atoms with Crippen LogP contribution in [0.25, 0.3) is 0 Å². The molecular formula is C19H32N2O3S2. The van der Waals surface area contributed by atoms with Gasteiger partial charge in [0.15, 0.2) is 0 Å². The van der Waals surface area contributed by atoms with Crippen molar-refractivity contribution < 1.29 is 13.2 Å². The number of nitrogens with zero attached hydrogens (tertiary/aromatic N) is 1. The molecule has 1 aromatic rings. The summed E-state index contributed by atoms with van der Waals surface area (Å²) in [7, 11) is -3.38. The third-order valence-corrected chi connectivity index (χ3v) is 6.37. The van der Waals surface area contributed by atoms with Gasteiger partial charge in [-0.2, -0.15) is 11.8 Å². The molecule has 0 aliphatic rings. The lowest BCUT2D eigenvalue weighted by Crippen LogP contribution is -2.32. The van der Waals surface area contributed by atoms with Crippen LogP contribution in [0, 0.1) is 13.8 Å². The van der Waals surface area contributed by atoms with Crippen molar-refractivity contribution in [1.82, 2.24) is 5.32 Å². The van der Waals surface area contributed by atoms with Crippen molar-refractivity contribution in [2.45, 2.75) is 52.2 Å². The molecule has 0 aliphatic heterocycles. The second-order valence-electron chi connectivity index (χ2n) is 7.52. The Balaban J connectivity index is 2.53. The predicted octanol–water partition coefficient (Wildman–Crippen LogP) is 3.50. The second-order valence-corrected chi connectivity index (χ2v) is 11.3. The van der Waals surface area contributed by atoms with E-state index in [0.29, 0.717) is 31.6 Å². The minimum atomic E-state index is -3.38. The highest BCUT2D eigenvalue weighted by Crippen LogP contribution is 2.23. The number of aryl methyl sites for hydroxylation is 2. The number of sulfonamides is 1. The summed E-state index contributed by atoms with van der Waals surface area (Å²) in [5, 5.41) is 2.90. The van der Waals surface area contributed by atoms with E-state index in [2.05, 4.69) is 26.1 Å². The largest absolute Gasteiger partial charge is 0.355 e. The van der Waals surface area contributed by atoms with E-state index in [1.807, 2.05) is 32.0 Å². The van der Waals surface area contributed by atoms with Crippen LogP contribution in [-0.4, -0.2) is 44.2 Å². The molecule has 0 saturated heterocycles. The molecule has 0 spiro atoms. The summed E-state index contributed by atoms with van der Waals surface area (Å²) in [6.45, 7) is 11.3. The first-order chi connectivity index (χ1) is 11.9. The van der Waals surface area contributed by atoms with Gasteiger partial charge in [0.25, 0.3) is 0 Å². The molecule has 26 heavy (non-hydrogen) atoms. The van der Waals surface area contributed by atoms with Crippen LogP contribution in [0.2, 0.25) is 0 Å². The molecular weight excluding hydrogens is 368 g/mol. The zero-order valence-electron chi connectivity index (χ0n) is 16.8. The van der Waals surface area contributed by atoms with E-state index in [1.165, 1.54) is 10.6 Å². The van der Waals surface area contributed by atoms with Gasteiger partial charge in [-0.05, 0) is 43.5 Å². The van der Waals surface area contributed by atoms with Crippen LogP contribution in [0.15, 0.2) is 18.2 Å². The van der Waals surface area contributed by atoms with Crippen LogP contribution in [0.4, 0.5) is 5.69 Å². The highest BCUT2D eigenvalue weighted by Gasteiger charge is 2.18. The summed E-state index contributed by atoms with van der Waals surface area (Å²) >= 11 is 1.81. The topological polar surface area (TPSA) is 66.5 Å². The van der Waals surface area contributed by atoms with Gasteiger partial charge in [0.1, 0.15) is 0 Å². The SMILES string of the molecule is Cc1ccc(N(CCCC(=O)NCCSC(C)(C)C)S(C)(=O)=O)cc1C. The average Bonchev–Trinajstić information content (AvgIpc) is 2.49. The Morgan fingerprint density at radius 2 is 1.85 bits per heavy atom. The monoisotopic (exact) mass is 400 g/mol. The predicted molar refractivity (Wildman–Crippen MR) is 113 cm³/mol. The summed E-state index contributed by atoms with van der Waals surface area (Å²) in [4.78, 5) is 11.9. The Labute approximate surface area is 163 Å². The molecule has 0 radical (unpaired) electrons. The number of thioether (sulfide) groups is 1. The van der Waals surface area contributed by atoms with Crippen LogP contribution in [0.5, 0.6) is 0 Å². The molecule has 0 unspecified atom stereocenters. The smallest absolute Gasteiger partial charge is 0.232 e. The molecule has 0 atom stereocenters. The first-order valence-corrected chi connectivity index (χ1v) is 11.7. The third-order valence-electron chi connectivity index (χ3n) is 3.90. The summed E-state index contributed by atoms with van der Waals surface area (Å²) in [6, 6.07) is 5.61. The molecule has 0 heterocycles. The summed E-state index contributed by atoms with van der Waals surface area (Å²) in [5.74, 6) is 0.834. The van der Waals surface area contributed by atoms with Crippen molar-refractivity contribution in [3.63, 3.8) is 0 Å². The van der Waals surface area contributed by atoms with Gasteiger partial charge >= 0.3 is 0 Å². The van der Waals surface area contributed by atoms with Crippen molar-refractivity contribution in [3.8, 4) is 0 Å². The minimum absolute atomic E-state index is 0.0342. The van der Waals surface area contributed by atoms with Gasteiger partial charge in [0, 0.05) is 30.0 Å². The van der Waals surface area contributed by atoms with Crippen molar-refractivity contribution in [1.29, 1.82) is 0 Å². The van der Waals surface area contributed by atoms with E-state index in [-0.39, 0.29) is 10.7 Å². The Hall–Kier alpha value is -1.21. The number of rotatable bonds is 9. The van der Waals surface area contributed by atoms with Gasteiger partial charge in [-0.25, -0.2) is 8.42 Å². The molecule has 0 aliphatic carbocycles. The van der Waals surface area contributed by atoms with E-state index in [4.69, 9.17) is 0 Å². The van der Waals surface area contributed by atoms with Crippen molar-refractivity contribution in [3.05, 3.63) is 29.3 Å². The first-order valence-electron chi connectivity index (χ1n) is 8.86. The van der Waals surface area contributed by atoms with Gasteiger partial charge in [0.05, 0.1) is 11.9 Å². The maximum atomic E-state index is 12.1. The van der Waals surface area contributed by atoms with E-state index >= 15 is 0 Å². The van der Waals surface area contributed by atoms with Crippen molar-refractivity contribution in [2.75, 3.05) is 29.4 Å². The molecule has 0 bridgehead atoms. The van der Waals surface area contributed by atoms with E-state index in [0.717, 1.165) is 16.9 Å². The van der Waals surface area contributed by atoms with Crippen LogP contribution >= 0.6 is 11.8 Å². The van der Waals surface area contributed by atoms with Gasteiger partial charge < -0.3 is 5.32 Å². The lowest BCUT2D eigenvalue weighted by molar-refractivity contribution is -0.121. The second kappa shape index (κ2) is 9.65. The van der Waals surface area contributed by atoms with Crippen LogP contribution in [0.1, 0.15) is 44.7 Å². The maximum Gasteiger partial charge on any atom is 0.232 e. The van der Waals surface area contributed by atoms with Gasteiger partial charge in [-0.15, -0.1) is 0 Å². The highest BCUT2D eigenvalue weighted by atomic mass is 32.2. The molecule has 7 heteroatoms. The fraction of sp³-hybridized carbons (Fsp3) is 0.632. The zero-order valence-corrected chi connectivity index (χ0v) is 18.4. The number of carbonyl (C=O) groups excluding carboxylic acids is 1. The summed E-state index contributed by atoms with van der Waals surface area (Å²) < 4.78 is 25.8. The maximum absolute atomic E-state index is 12.1. The number of nitrogens with one attached hydrogen (secondary N) is 1. The number of anilines is 1. The number of amides is 1. The summed E-state index contributed by atoms with van der Waals surface area (Å²) in [5.41, 5.74) is 2.82. The van der Waals surface area contributed by atoms with E-state index < -0.39 is 10.0 Å². The number of benzene rings is 1. The van der Waals surface area contributed by atoms with Gasteiger partial charge in [-0.3, -0.25) is 9.10 Å². The number of carbonyl (C=O) groups is 1. The third kappa shape index (κ3) is 8.45. The van der Waals surface area contributed by atoms with Crippen molar-refractivity contribution >= 4 is 33.4 Å². The molecule has 0 saturated carbocycles. The normalized spacial score (nSPS) is 12.1. The van der Waals surface area contributed by atoms with Gasteiger partial charge in [0.2, 0.25) is 15.9 Å². The Bertz CT molecular complexity index is 710. The molecule has 5 nitrogen and oxygen atoms in total. The molecule has 0 fully saturated rings. The standard InChI is InChI=1S/C19H32N2O3S2/c1-15-9-10-17(14-16(15)2)21(26(6,23)24)12-7-8-18(22)20-11-13-25-19(3,4)5/h9-10,14H,7-8,11-13H2,1-6H3,(H,20,22). The minimum Gasteiger partial charge on any atom is -0.355 e. The molecule has 1 N–H and O–H groups in total. The van der Waals surface area contributed by atoms with Crippen LogP contribution in [-0.2, 0) is 14.8 Å². The zero-order chi connectivity index (χ0) is 20.0. The Morgan fingerprint density at radius 3 is 2.38 bits per heavy atom. The van der Waals surface area contributed by atoms with Gasteiger partial charge in [-0.1, -0.05) is 26.8 Å². The molecule has 1 aromatic carbocycles. The van der Waals surface area contributed by atoms with Crippen molar-refractivity contribution in [2.24, 2.45) is 0 Å². The first kappa shape index (κ1) is 22.8. The van der Waals surface area contributed by atoms with Crippen LogP contribution < -0.4 is 9.62 Å². The number of hydrogen-bond donors (Lipinski definition) is 1.